The molecule has 0 spiro atoms. The van der Waals surface area contributed by atoms with E-state index >= 15 is 0 Å². The Morgan fingerprint density at radius 1 is 1.21 bits per heavy atom. The van der Waals surface area contributed by atoms with Gasteiger partial charge in [0.15, 0.2) is 11.5 Å². The second-order valence-corrected chi connectivity index (χ2v) is 6.81. The standard InChI is InChI=1S/C23H24N2O3/c1-3-28-22-14-16(8-10-21(22)27-2)9-11-23(26)25-13-12-20-18(15-25)17-6-4-5-7-19(17)24-20/h4-11,14,24H,3,12-13,15H2,1-2H3. The maximum absolute atomic E-state index is 12.7. The molecule has 0 saturated heterocycles. The molecule has 4 rings (SSSR count). The molecule has 0 bridgehead atoms. The maximum atomic E-state index is 12.7. The average Bonchev–Trinajstić information content (AvgIpc) is 3.10. The zero-order valence-corrected chi connectivity index (χ0v) is 16.2. The van der Waals surface area contributed by atoms with Crippen LogP contribution in [-0.2, 0) is 17.8 Å². The predicted octanol–water partition coefficient (Wildman–Crippen LogP) is 4.17. The third-order valence-electron chi connectivity index (χ3n) is 5.10. The van der Waals surface area contributed by atoms with Gasteiger partial charge in [-0.05, 0) is 36.8 Å². The molecule has 28 heavy (non-hydrogen) atoms. The fourth-order valence-corrected chi connectivity index (χ4v) is 3.69. The van der Waals surface area contributed by atoms with Crippen molar-refractivity contribution in [2.75, 3.05) is 20.3 Å². The number of rotatable bonds is 5. The van der Waals surface area contributed by atoms with E-state index in [2.05, 4.69) is 17.1 Å². The van der Waals surface area contributed by atoms with Gasteiger partial charge in [-0.2, -0.15) is 0 Å². The van der Waals surface area contributed by atoms with Crippen molar-refractivity contribution in [3.8, 4) is 11.5 Å². The Bertz CT molecular complexity index is 1040. The van der Waals surface area contributed by atoms with Crippen molar-refractivity contribution in [3.05, 3.63) is 65.4 Å². The van der Waals surface area contributed by atoms with Gasteiger partial charge >= 0.3 is 0 Å². The van der Waals surface area contributed by atoms with Crippen molar-refractivity contribution in [3.63, 3.8) is 0 Å². The molecule has 0 saturated carbocycles. The third-order valence-corrected chi connectivity index (χ3v) is 5.10. The largest absolute Gasteiger partial charge is 0.493 e. The molecule has 1 aliphatic heterocycles. The Morgan fingerprint density at radius 3 is 2.89 bits per heavy atom. The summed E-state index contributed by atoms with van der Waals surface area (Å²) in [4.78, 5) is 18.1. The van der Waals surface area contributed by atoms with Gasteiger partial charge in [0.25, 0.3) is 0 Å². The van der Waals surface area contributed by atoms with E-state index < -0.39 is 0 Å². The van der Waals surface area contributed by atoms with Crippen LogP contribution >= 0.6 is 0 Å². The number of hydrogen-bond donors (Lipinski definition) is 1. The minimum absolute atomic E-state index is 0.0182. The number of carbonyl (C=O) groups excluding carboxylic acids is 1. The summed E-state index contributed by atoms with van der Waals surface area (Å²) in [5.41, 5.74) is 4.51. The lowest BCUT2D eigenvalue weighted by atomic mass is 10.0. The highest BCUT2D eigenvalue weighted by molar-refractivity contribution is 5.93. The molecule has 5 nitrogen and oxygen atoms in total. The van der Waals surface area contributed by atoms with Crippen molar-refractivity contribution in [2.24, 2.45) is 0 Å². The molecule has 0 fully saturated rings. The van der Waals surface area contributed by atoms with Gasteiger partial charge in [0.2, 0.25) is 5.91 Å². The minimum Gasteiger partial charge on any atom is -0.493 e. The summed E-state index contributed by atoms with van der Waals surface area (Å²) in [5.74, 6) is 1.39. The second-order valence-electron chi connectivity index (χ2n) is 6.81. The number of amides is 1. The van der Waals surface area contributed by atoms with Gasteiger partial charge in [-0.1, -0.05) is 24.3 Å². The van der Waals surface area contributed by atoms with Crippen molar-refractivity contribution in [1.29, 1.82) is 0 Å². The quantitative estimate of drug-likeness (QED) is 0.680. The van der Waals surface area contributed by atoms with E-state index in [4.69, 9.17) is 9.47 Å². The molecule has 2 aromatic carbocycles. The average molecular weight is 376 g/mol. The predicted molar refractivity (Wildman–Crippen MR) is 111 cm³/mol. The number of nitrogens with one attached hydrogen (secondary N) is 1. The van der Waals surface area contributed by atoms with Crippen LogP contribution < -0.4 is 9.47 Å². The number of nitrogens with zero attached hydrogens (tertiary/aromatic N) is 1. The number of benzene rings is 2. The van der Waals surface area contributed by atoms with Gasteiger partial charge in [-0.3, -0.25) is 4.79 Å². The summed E-state index contributed by atoms with van der Waals surface area (Å²) in [6.07, 6.45) is 4.31. The smallest absolute Gasteiger partial charge is 0.246 e. The number of hydrogen-bond acceptors (Lipinski definition) is 3. The van der Waals surface area contributed by atoms with Crippen LogP contribution in [0.4, 0.5) is 0 Å². The van der Waals surface area contributed by atoms with Gasteiger partial charge in [0.1, 0.15) is 0 Å². The molecule has 0 unspecified atom stereocenters. The lowest BCUT2D eigenvalue weighted by Gasteiger charge is -2.26. The van der Waals surface area contributed by atoms with Gasteiger partial charge in [-0.15, -0.1) is 0 Å². The molecule has 0 radical (unpaired) electrons. The number of methoxy groups -OCH3 is 1. The third kappa shape index (κ3) is 3.48. The number of carbonyl (C=O) groups is 1. The van der Waals surface area contributed by atoms with Crippen LogP contribution in [0.3, 0.4) is 0 Å². The van der Waals surface area contributed by atoms with E-state index in [1.807, 2.05) is 48.2 Å². The van der Waals surface area contributed by atoms with Gasteiger partial charge in [-0.25, -0.2) is 0 Å². The van der Waals surface area contributed by atoms with Crippen LogP contribution in [0.25, 0.3) is 17.0 Å². The number of aromatic nitrogens is 1. The monoisotopic (exact) mass is 376 g/mol. The fourth-order valence-electron chi connectivity index (χ4n) is 3.69. The van der Waals surface area contributed by atoms with Crippen molar-refractivity contribution >= 4 is 22.9 Å². The van der Waals surface area contributed by atoms with E-state index in [1.54, 1.807) is 13.2 Å². The number of aromatic amines is 1. The molecular weight excluding hydrogens is 352 g/mol. The summed E-state index contributed by atoms with van der Waals surface area (Å²) in [6.45, 7) is 3.84. The Hall–Kier alpha value is -3.21. The number of ether oxygens (including phenoxy) is 2. The molecule has 0 atom stereocenters. The summed E-state index contributed by atoms with van der Waals surface area (Å²) in [5, 5.41) is 1.20. The van der Waals surface area contributed by atoms with Crippen LogP contribution in [-0.4, -0.2) is 36.1 Å². The highest BCUT2D eigenvalue weighted by Crippen LogP contribution is 2.29. The van der Waals surface area contributed by atoms with E-state index in [0.717, 1.165) is 24.0 Å². The molecule has 5 heteroatoms. The zero-order chi connectivity index (χ0) is 19.5. The van der Waals surface area contributed by atoms with Gasteiger partial charge in [0.05, 0.1) is 13.7 Å². The number of fused-ring (bicyclic) bond motifs is 3. The van der Waals surface area contributed by atoms with Crippen LogP contribution in [0.2, 0.25) is 0 Å². The first-order chi connectivity index (χ1) is 13.7. The number of para-hydroxylation sites is 1. The van der Waals surface area contributed by atoms with Crippen LogP contribution in [0.15, 0.2) is 48.5 Å². The molecule has 0 aliphatic carbocycles. The molecule has 1 aliphatic rings. The SMILES string of the molecule is CCOc1cc(C=CC(=O)N2CCc3[nH]c4ccccc4c3C2)ccc1OC. The zero-order valence-electron chi connectivity index (χ0n) is 16.2. The molecule has 2 heterocycles. The maximum Gasteiger partial charge on any atom is 0.246 e. The van der Waals surface area contributed by atoms with E-state index in [-0.39, 0.29) is 5.91 Å². The Kier molecular flexibility index (Phi) is 5.06. The summed E-state index contributed by atoms with van der Waals surface area (Å²) in [6, 6.07) is 13.9. The van der Waals surface area contributed by atoms with Crippen LogP contribution in [0.1, 0.15) is 23.7 Å². The normalized spacial score (nSPS) is 13.7. The van der Waals surface area contributed by atoms with Crippen molar-refractivity contribution in [2.45, 2.75) is 19.9 Å². The van der Waals surface area contributed by atoms with E-state index in [1.165, 1.54) is 16.6 Å². The highest BCUT2D eigenvalue weighted by atomic mass is 16.5. The molecule has 1 N–H and O–H groups in total. The Labute approximate surface area is 164 Å². The molecular formula is C23H24N2O3. The molecule has 3 aromatic rings. The van der Waals surface area contributed by atoms with Gasteiger partial charge in [0, 0.05) is 47.7 Å². The lowest BCUT2D eigenvalue weighted by Crippen LogP contribution is -2.34. The summed E-state index contributed by atoms with van der Waals surface area (Å²) in [7, 11) is 1.62. The summed E-state index contributed by atoms with van der Waals surface area (Å²) >= 11 is 0. The first kappa shape index (κ1) is 18.2. The van der Waals surface area contributed by atoms with Crippen LogP contribution in [0, 0.1) is 0 Å². The fraction of sp³-hybridized carbons (Fsp3) is 0.261. The Morgan fingerprint density at radius 2 is 2.07 bits per heavy atom. The molecule has 1 aromatic heterocycles. The van der Waals surface area contributed by atoms with E-state index in [9.17, 15) is 4.79 Å². The highest BCUT2D eigenvalue weighted by Gasteiger charge is 2.22. The lowest BCUT2D eigenvalue weighted by molar-refractivity contribution is -0.126. The minimum atomic E-state index is 0.0182. The van der Waals surface area contributed by atoms with E-state index in [0.29, 0.717) is 24.7 Å². The first-order valence-corrected chi connectivity index (χ1v) is 9.56. The molecule has 1 amide bonds. The topological polar surface area (TPSA) is 54.6 Å². The van der Waals surface area contributed by atoms with Crippen molar-refractivity contribution in [1.82, 2.24) is 9.88 Å². The second kappa shape index (κ2) is 7.80. The summed E-state index contributed by atoms with van der Waals surface area (Å²) < 4.78 is 10.9. The van der Waals surface area contributed by atoms with Gasteiger partial charge < -0.3 is 19.4 Å². The van der Waals surface area contributed by atoms with Crippen LogP contribution in [0.5, 0.6) is 11.5 Å². The molecule has 144 valence electrons. The number of H-pyrrole nitrogens is 1. The first-order valence-electron chi connectivity index (χ1n) is 9.56. The van der Waals surface area contributed by atoms with Crippen molar-refractivity contribution < 1.29 is 14.3 Å². The Balaban J connectivity index is 1.50.